The van der Waals surface area contributed by atoms with Crippen molar-refractivity contribution in [1.82, 2.24) is 9.97 Å². The molecule has 5 aromatic rings. The van der Waals surface area contributed by atoms with Crippen molar-refractivity contribution in [3.05, 3.63) is 89.6 Å². The van der Waals surface area contributed by atoms with Crippen molar-refractivity contribution in [2.45, 2.75) is 0 Å². The molecule has 5 nitrogen and oxygen atoms in total. The van der Waals surface area contributed by atoms with E-state index in [0.717, 1.165) is 32.5 Å². The Hall–Kier alpha value is -3.90. The highest BCUT2D eigenvalue weighted by molar-refractivity contribution is 7.21. The van der Waals surface area contributed by atoms with Crippen LogP contribution in [0, 0.1) is 0 Å². The number of nitrogens with one attached hydrogen (secondary N) is 1. The molecule has 0 bridgehead atoms. The van der Waals surface area contributed by atoms with E-state index < -0.39 is 0 Å². The van der Waals surface area contributed by atoms with E-state index in [-0.39, 0.29) is 11.5 Å². The highest BCUT2D eigenvalue weighted by Crippen LogP contribution is 2.41. The van der Waals surface area contributed by atoms with Gasteiger partial charge < -0.3 is 15.8 Å². The third-order valence-corrected chi connectivity index (χ3v) is 6.20. The lowest BCUT2D eigenvalue weighted by Gasteiger charge is -2.07. The summed E-state index contributed by atoms with van der Waals surface area (Å²) in [7, 11) is 0. The molecular formula is C24H17N3O2S. The van der Waals surface area contributed by atoms with E-state index in [4.69, 9.17) is 5.73 Å². The molecule has 30 heavy (non-hydrogen) atoms. The minimum Gasteiger partial charge on any atom is -0.508 e. The Morgan fingerprint density at radius 3 is 2.40 bits per heavy atom. The van der Waals surface area contributed by atoms with Gasteiger partial charge in [-0.3, -0.25) is 4.79 Å². The fraction of sp³-hybridized carbons (Fsp3) is 0. The van der Waals surface area contributed by atoms with E-state index in [1.807, 2.05) is 60.7 Å². The summed E-state index contributed by atoms with van der Waals surface area (Å²) in [6, 6.07) is 22.3. The van der Waals surface area contributed by atoms with Gasteiger partial charge >= 0.3 is 0 Å². The molecule has 4 N–H and O–H groups in total. The molecule has 0 aliphatic carbocycles. The van der Waals surface area contributed by atoms with Crippen LogP contribution < -0.4 is 5.73 Å². The summed E-state index contributed by atoms with van der Waals surface area (Å²) in [6.45, 7) is 0. The number of aromatic amines is 1. The van der Waals surface area contributed by atoms with Crippen molar-refractivity contribution in [2.24, 2.45) is 0 Å². The number of ketones is 1. The third-order valence-electron chi connectivity index (χ3n) is 5.05. The number of nitrogen functional groups attached to an aromatic ring is 1. The van der Waals surface area contributed by atoms with Crippen molar-refractivity contribution in [3.63, 3.8) is 0 Å². The second-order valence-corrected chi connectivity index (χ2v) is 7.97. The van der Waals surface area contributed by atoms with Crippen molar-refractivity contribution in [1.29, 1.82) is 0 Å². The van der Waals surface area contributed by atoms with Gasteiger partial charge in [-0.2, -0.15) is 0 Å². The number of phenolic OH excluding ortho intramolecular Hbond substituents is 1. The van der Waals surface area contributed by atoms with E-state index in [9.17, 15) is 9.90 Å². The third kappa shape index (κ3) is 3.03. The Morgan fingerprint density at radius 1 is 0.967 bits per heavy atom. The fourth-order valence-electron chi connectivity index (χ4n) is 3.59. The van der Waals surface area contributed by atoms with E-state index in [2.05, 4.69) is 9.97 Å². The number of hydrogen-bond donors (Lipinski definition) is 3. The Kier molecular flexibility index (Phi) is 4.34. The number of carbonyl (C=O) groups excluding carboxylic acids is 1. The van der Waals surface area contributed by atoms with E-state index in [1.54, 1.807) is 18.5 Å². The van der Waals surface area contributed by atoms with Crippen LogP contribution in [0.25, 0.3) is 32.5 Å². The van der Waals surface area contributed by atoms with Gasteiger partial charge in [-0.05, 0) is 23.8 Å². The number of thiophene rings is 1. The number of aromatic nitrogens is 2. The fourth-order valence-corrected chi connectivity index (χ4v) is 4.81. The van der Waals surface area contributed by atoms with Crippen LogP contribution in [0.15, 0.2) is 79.1 Å². The largest absolute Gasteiger partial charge is 0.508 e. The molecule has 0 spiro atoms. The summed E-state index contributed by atoms with van der Waals surface area (Å²) in [6.07, 6.45) is 1.56. The SMILES string of the molecule is Nc1nc[nH]c1-c1ccc(-c2c(C(=O)c3ccccc3)sc3cc(O)ccc23)cc1. The molecular weight excluding hydrogens is 394 g/mol. The number of H-pyrrole nitrogens is 1. The van der Waals surface area contributed by atoms with Gasteiger partial charge in [0.2, 0.25) is 5.78 Å². The average Bonchev–Trinajstić information content (AvgIpc) is 3.37. The lowest BCUT2D eigenvalue weighted by molar-refractivity contribution is 0.104. The minimum absolute atomic E-state index is 0.0341. The molecule has 5 rings (SSSR count). The number of phenols is 1. The van der Waals surface area contributed by atoms with E-state index >= 15 is 0 Å². The van der Waals surface area contributed by atoms with Gasteiger partial charge in [-0.25, -0.2) is 4.98 Å². The number of imidazole rings is 1. The Labute approximate surface area is 176 Å². The summed E-state index contributed by atoms with van der Waals surface area (Å²) in [5.41, 5.74) is 10.0. The number of benzene rings is 3. The molecule has 2 aromatic heterocycles. The lowest BCUT2D eigenvalue weighted by Crippen LogP contribution is -2.00. The zero-order valence-corrected chi connectivity index (χ0v) is 16.6. The van der Waals surface area contributed by atoms with Crippen LogP contribution in [-0.2, 0) is 0 Å². The minimum atomic E-state index is -0.0341. The second-order valence-electron chi connectivity index (χ2n) is 6.92. The van der Waals surface area contributed by atoms with Gasteiger partial charge in [0.15, 0.2) is 0 Å². The van der Waals surface area contributed by atoms with Crippen molar-refractivity contribution >= 4 is 33.0 Å². The van der Waals surface area contributed by atoms with Crippen LogP contribution in [0.5, 0.6) is 5.75 Å². The summed E-state index contributed by atoms with van der Waals surface area (Å²) >= 11 is 1.39. The molecule has 0 aliphatic heterocycles. The first kappa shape index (κ1) is 18.1. The van der Waals surface area contributed by atoms with Crippen LogP contribution in [0.2, 0.25) is 0 Å². The summed E-state index contributed by atoms with van der Waals surface area (Å²) in [5.74, 6) is 0.589. The van der Waals surface area contributed by atoms with Gasteiger partial charge in [0, 0.05) is 26.8 Å². The standard InChI is InChI=1S/C24H17N3O2S/c25-24-21(26-13-27-24)15-8-6-14(7-9-15)20-18-11-10-17(28)12-19(18)30-23(20)22(29)16-4-2-1-3-5-16/h1-13,28H,25H2,(H,26,27). The molecule has 0 radical (unpaired) electrons. The maximum absolute atomic E-state index is 13.3. The molecule has 0 saturated carbocycles. The lowest BCUT2D eigenvalue weighted by atomic mass is 9.97. The second kappa shape index (κ2) is 7.17. The van der Waals surface area contributed by atoms with Gasteiger partial charge in [-0.1, -0.05) is 54.6 Å². The topological polar surface area (TPSA) is 92.0 Å². The summed E-state index contributed by atoms with van der Waals surface area (Å²) < 4.78 is 0.867. The number of hydrogen-bond acceptors (Lipinski definition) is 5. The van der Waals surface area contributed by atoms with Crippen LogP contribution in [0.3, 0.4) is 0 Å². The monoisotopic (exact) mass is 411 g/mol. The Morgan fingerprint density at radius 2 is 1.70 bits per heavy atom. The number of nitrogens with zero attached hydrogens (tertiary/aromatic N) is 1. The normalized spacial score (nSPS) is 11.1. The Balaban J connectivity index is 1.68. The van der Waals surface area contributed by atoms with Crippen molar-refractivity contribution in [2.75, 3.05) is 5.73 Å². The summed E-state index contributed by atoms with van der Waals surface area (Å²) in [5, 5.41) is 10.9. The van der Waals surface area contributed by atoms with E-state index in [1.165, 1.54) is 11.3 Å². The predicted molar refractivity (Wildman–Crippen MR) is 121 cm³/mol. The van der Waals surface area contributed by atoms with Gasteiger partial charge in [0.05, 0.1) is 16.9 Å². The molecule has 0 saturated heterocycles. The molecule has 0 aliphatic rings. The van der Waals surface area contributed by atoms with Crippen molar-refractivity contribution < 1.29 is 9.90 Å². The predicted octanol–water partition coefficient (Wildman–Crippen LogP) is 5.48. The highest BCUT2D eigenvalue weighted by Gasteiger charge is 2.21. The number of nitrogens with two attached hydrogens (primary N) is 1. The van der Waals surface area contributed by atoms with Crippen LogP contribution in [-0.4, -0.2) is 20.9 Å². The maximum Gasteiger partial charge on any atom is 0.203 e. The molecule has 0 atom stereocenters. The van der Waals surface area contributed by atoms with Crippen LogP contribution in [0.4, 0.5) is 5.82 Å². The molecule has 0 fully saturated rings. The number of aromatic hydroxyl groups is 1. The quantitative estimate of drug-likeness (QED) is 0.342. The summed E-state index contributed by atoms with van der Waals surface area (Å²) in [4.78, 5) is 21.0. The van der Waals surface area contributed by atoms with Gasteiger partial charge in [0.25, 0.3) is 0 Å². The zero-order valence-electron chi connectivity index (χ0n) is 15.8. The molecule has 0 unspecified atom stereocenters. The number of carbonyl (C=O) groups is 1. The van der Waals surface area contributed by atoms with Gasteiger partial charge in [0.1, 0.15) is 11.6 Å². The van der Waals surface area contributed by atoms with Crippen molar-refractivity contribution in [3.8, 4) is 28.1 Å². The van der Waals surface area contributed by atoms with Gasteiger partial charge in [-0.15, -0.1) is 11.3 Å². The average molecular weight is 411 g/mol. The number of fused-ring (bicyclic) bond motifs is 1. The molecule has 0 amide bonds. The van der Waals surface area contributed by atoms with Crippen LogP contribution >= 0.6 is 11.3 Å². The maximum atomic E-state index is 13.3. The number of anilines is 1. The molecule has 6 heteroatoms. The Bertz CT molecular complexity index is 1370. The molecule has 2 heterocycles. The first-order chi connectivity index (χ1) is 14.6. The first-order valence-corrected chi connectivity index (χ1v) is 10.2. The van der Waals surface area contributed by atoms with Crippen LogP contribution in [0.1, 0.15) is 15.2 Å². The highest BCUT2D eigenvalue weighted by atomic mass is 32.1. The molecule has 3 aromatic carbocycles. The zero-order chi connectivity index (χ0) is 20.7. The first-order valence-electron chi connectivity index (χ1n) is 9.37. The van der Waals surface area contributed by atoms with E-state index in [0.29, 0.717) is 16.3 Å². The smallest absolute Gasteiger partial charge is 0.203 e. The molecule has 146 valence electrons. The number of rotatable bonds is 4.